The summed E-state index contributed by atoms with van der Waals surface area (Å²) in [5.41, 5.74) is 1.31. The Labute approximate surface area is 121 Å². The predicted octanol–water partition coefficient (Wildman–Crippen LogP) is 1.69. The number of nitrogens with zero attached hydrogens (tertiary/aromatic N) is 2. The van der Waals surface area contributed by atoms with E-state index in [1.54, 1.807) is 4.90 Å². The maximum Gasteiger partial charge on any atom is 0.303 e. The van der Waals surface area contributed by atoms with E-state index in [1.807, 2.05) is 24.3 Å². The van der Waals surface area contributed by atoms with Gasteiger partial charge in [0.1, 0.15) is 5.69 Å². The number of aromatic nitrogens is 1. The van der Waals surface area contributed by atoms with Gasteiger partial charge in [0, 0.05) is 24.9 Å². The number of rotatable bonds is 4. The lowest BCUT2D eigenvalue weighted by atomic mass is 10.1. The largest absolute Gasteiger partial charge is 0.481 e. The van der Waals surface area contributed by atoms with Crippen molar-refractivity contribution in [3.8, 4) is 0 Å². The maximum absolute atomic E-state index is 12.3. The second-order valence-corrected chi connectivity index (χ2v) is 5.39. The molecule has 1 N–H and O–H groups in total. The van der Waals surface area contributed by atoms with E-state index in [2.05, 4.69) is 5.16 Å². The highest BCUT2D eigenvalue weighted by molar-refractivity contribution is 5.86. The lowest BCUT2D eigenvalue weighted by Crippen LogP contribution is -2.30. The third-order valence-electron chi connectivity index (χ3n) is 3.87. The summed E-state index contributed by atoms with van der Waals surface area (Å²) < 4.78 is 5.19. The molecular weight excluding hydrogens is 272 g/mol. The molecule has 0 spiro atoms. The van der Waals surface area contributed by atoms with Crippen molar-refractivity contribution in [1.29, 1.82) is 0 Å². The smallest absolute Gasteiger partial charge is 0.303 e. The SMILES string of the molecule is O=C(O)CC1CCN(C(=O)Cc2noc3ccccc23)C1. The summed E-state index contributed by atoms with van der Waals surface area (Å²) in [7, 11) is 0. The molecule has 1 aromatic carbocycles. The van der Waals surface area contributed by atoms with Gasteiger partial charge in [-0.25, -0.2) is 0 Å². The van der Waals surface area contributed by atoms with Crippen molar-refractivity contribution in [3.63, 3.8) is 0 Å². The number of likely N-dealkylation sites (tertiary alicyclic amines) is 1. The van der Waals surface area contributed by atoms with Crippen molar-refractivity contribution >= 4 is 22.8 Å². The highest BCUT2D eigenvalue weighted by atomic mass is 16.5. The van der Waals surface area contributed by atoms with Gasteiger partial charge in [-0.3, -0.25) is 9.59 Å². The highest BCUT2D eigenvalue weighted by Crippen LogP contribution is 2.22. The van der Waals surface area contributed by atoms with Gasteiger partial charge in [-0.05, 0) is 24.5 Å². The molecule has 1 fully saturated rings. The van der Waals surface area contributed by atoms with E-state index >= 15 is 0 Å². The number of amides is 1. The molecule has 6 heteroatoms. The van der Waals surface area contributed by atoms with Gasteiger partial charge in [0.05, 0.1) is 6.42 Å². The van der Waals surface area contributed by atoms with E-state index < -0.39 is 5.97 Å². The molecular formula is C15H16N2O4. The molecule has 110 valence electrons. The van der Waals surface area contributed by atoms with Crippen molar-refractivity contribution in [1.82, 2.24) is 10.1 Å². The molecule has 0 saturated carbocycles. The number of carboxylic acid groups (broad SMARTS) is 1. The second kappa shape index (κ2) is 5.55. The minimum Gasteiger partial charge on any atom is -0.481 e. The van der Waals surface area contributed by atoms with Gasteiger partial charge < -0.3 is 14.5 Å². The average molecular weight is 288 g/mol. The van der Waals surface area contributed by atoms with E-state index in [4.69, 9.17) is 9.63 Å². The number of hydrogen-bond acceptors (Lipinski definition) is 4. The molecule has 3 rings (SSSR count). The molecule has 1 aromatic heterocycles. The van der Waals surface area contributed by atoms with Crippen LogP contribution in [0.25, 0.3) is 11.0 Å². The van der Waals surface area contributed by atoms with E-state index in [9.17, 15) is 9.59 Å². The first kappa shape index (κ1) is 13.6. The van der Waals surface area contributed by atoms with Crippen LogP contribution in [0.1, 0.15) is 18.5 Å². The number of para-hydroxylation sites is 1. The van der Waals surface area contributed by atoms with Crippen LogP contribution < -0.4 is 0 Å². The van der Waals surface area contributed by atoms with Crippen LogP contribution in [0.4, 0.5) is 0 Å². The summed E-state index contributed by atoms with van der Waals surface area (Å²) in [6.07, 6.45) is 1.06. The first-order valence-electron chi connectivity index (χ1n) is 6.96. The quantitative estimate of drug-likeness (QED) is 0.925. The molecule has 0 radical (unpaired) electrons. The van der Waals surface area contributed by atoms with Gasteiger partial charge >= 0.3 is 5.97 Å². The third kappa shape index (κ3) is 2.89. The van der Waals surface area contributed by atoms with Crippen molar-refractivity contribution < 1.29 is 19.2 Å². The molecule has 1 amide bonds. The van der Waals surface area contributed by atoms with Crippen LogP contribution in [0.2, 0.25) is 0 Å². The van der Waals surface area contributed by atoms with Gasteiger partial charge in [-0.2, -0.15) is 0 Å². The predicted molar refractivity (Wildman–Crippen MR) is 74.7 cm³/mol. The van der Waals surface area contributed by atoms with Crippen molar-refractivity contribution in [2.45, 2.75) is 19.3 Å². The van der Waals surface area contributed by atoms with Crippen LogP contribution in [0.3, 0.4) is 0 Å². The molecule has 1 saturated heterocycles. The average Bonchev–Trinajstić information content (AvgIpc) is 3.06. The number of carbonyl (C=O) groups is 2. The molecule has 21 heavy (non-hydrogen) atoms. The van der Waals surface area contributed by atoms with Gasteiger partial charge in [-0.1, -0.05) is 17.3 Å². The Morgan fingerprint density at radius 1 is 1.38 bits per heavy atom. The Balaban J connectivity index is 1.66. The lowest BCUT2D eigenvalue weighted by molar-refractivity contribution is -0.138. The minimum atomic E-state index is -0.809. The summed E-state index contributed by atoms with van der Waals surface area (Å²) in [6.45, 7) is 1.13. The molecule has 2 heterocycles. The number of fused-ring (bicyclic) bond motifs is 1. The first-order chi connectivity index (χ1) is 10.1. The van der Waals surface area contributed by atoms with Gasteiger partial charge in [0.15, 0.2) is 5.58 Å². The Morgan fingerprint density at radius 3 is 3.00 bits per heavy atom. The summed E-state index contributed by atoms with van der Waals surface area (Å²) in [5.74, 6) is -0.778. The van der Waals surface area contributed by atoms with E-state index in [0.29, 0.717) is 24.4 Å². The van der Waals surface area contributed by atoms with E-state index in [1.165, 1.54) is 0 Å². The minimum absolute atomic E-state index is 0.0260. The van der Waals surface area contributed by atoms with Crippen LogP contribution in [0.15, 0.2) is 28.8 Å². The molecule has 1 aliphatic rings. The Bertz CT molecular complexity index is 679. The number of hydrogen-bond donors (Lipinski definition) is 1. The van der Waals surface area contributed by atoms with Gasteiger partial charge in [0.25, 0.3) is 0 Å². The zero-order valence-electron chi connectivity index (χ0n) is 11.5. The van der Waals surface area contributed by atoms with Crippen molar-refractivity contribution in [2.75, 3.05) is 13.1 Å². The topological polar surface area (TPSA) is 83.6 Å². The van der Waals surface area contributed by atoms with Crippen molar-refractivity contribution in [3.05, 3.63) is 30.0 Å². The molecule has 1 atom stereocenters. The Kier molecular flexibility index (Phi) is 3.60. The second-order valence-electron chi connectivity index (χ2n) is 5.39. The van der Waals surface area contributed by atoms with Gasteiger partial charge in [0.2, 0.25) is 5.91 Å². The number of carboxylic acids is 1. The van der Waals surface area contributed by atoms with Crippen LogP contribution in [0, 0.1) is 5.92 Å². The number of aliphatic carboxylic acids is 1. The standard InChI is InChI=1S/C15H16N2O4/c18-14(17-6-5-10(9-17)7-15(19)20)8-12-11-3-1-2-4-13(11)21-16-12/h1-4,10H,5-9H2,(H,19,20). The zero-order valence-corrected chi connectivity index (χ0v) is 11.5. The van der Waals surface area contributed by atoms with Crippen LogP contribution in [-0.4, -0.2) is 40.1 Å². The fourth-order valence-electron chi connectivity index (χ4n) is 2.79. The highest BCUT2D eigenvalue weighted by Gasteiger charge is 2.28. The maximum atomic E-state index is 12.3. The summed E-state index contributed by atoms with van der Waals surface area (Å²) in [4.78, 5) is 24.7. The normalized spacial score (nSPS) is 18.3. The lowest BCUT2D eigenvalue weighted by Gasteiger charge is -2.15. The third-order valence-corrected chi connectivity index (χ3v) is 3.87. The van der Waals surface area contributed by atoms with Crippen LogP contribution in [0.5, 0.6) is 0 Å². The fraction of sp³-hybridized carbons (Fsp3) is 0.400. The van der Waals surface area contributed by atoms with Gasteiger partial charge in [-0.15, -0.1) is 0 Å². The van der Waals surface area contributed by atoms with Crippen LogP contribution in [-0.2, 0) is 16.0 Å². The molecule has 1 unspecified atom stereocenters. The van der Waals surface area contributed by atoms with E-state index in [0.717, 1.165) is 11.8 Å². The van der Waals surface area contributed by atoms with Crippen LogP contribution >= 0.6 is 0 Å². The number of benzene rings is 1. The summed E-state index contributed by atoms with van der Waals surface area (Å²) >= 11 is 0. The summed E-state index contributed by atoms with van der Waals surface area (Å²) in [5, 5.41) is 13.6. The molecule has 2 aromatic rings. The fourth-order valence-corrected chi connectivity index (χ4v) is 2.79. The monoisotopic (exact) mass is 288 g/mol. The Morgan fingerprint density at radius 2 is 2.19 bits per heavy atom. The molecule has 0 bridgehead atoms. The van der Waals surface area contributed by atoms with E-state index in [-0.39, 0.29) is 24.7 Å². The first-order valence-corrected chi connectivity index (χ1v) is 6.96. The number of carbonyl (C=O) groups excluding carboxylic acids is 1. The molecule has 0 aliphatic carbocycles. The summed E-state index contributed by atoms with van der Waals surface area (Å²) in [6, 6.07) is 7.43. The molecule has 1 aliphatic heterocycles. The molecule has 6 nitrogen and oxygen atoms in total. The Hall–Kier alpha value is -2.37. The van der Waals surface area contributed by atoms with Crippen molar-refractivity contribution in [2.24, 2.45) is 5.92 Å². The zero-order chi connectivity index (χ0) is 14.8.